The molecule has 4 bridgehead atoms. The maximum absolute atomic E-state index is 14.4. The maximum Gasteiger partial charge on any atom is 0.410 e. The number of methoxy groups -OCH3 is 1. The van der Waals surface area contributed by atoms with Crippen LogP contribution in [0.15, 0.2) is 84.6 Å². The molecular weight excluding hydrogens is 1140 g/mol. The Balaban J connectivity index is 1.08. The first-order valence-corrected chi connectivity index (χ1v) is 30.0. The summed E-state index contributed by atoms with van der Waals surface area (Å²) in [5, 5.41) is 20.0. The van der Waals surface area contributed by atoms with Crippen molar-refractivity contribution < 1.29 is 71.9 Å². The molecule has 0 aliphatic carbocycles. The van der Waals surface area contributed by atoms with E-state index in [1.807, 2.05) is 32.9 Å². The predicted octanol–water partition coefficient (Wildman–Crippen LogP) is 7.69. The summed E-state index contributed by atoms with van der Waals surface area (Å²) >= 11 is 6.84. The molecular formula is C64H86ClN7O15. The zero-order valence-electron chi connectivity index (χ0n) is 51.6. The van der Waals surface area contributed by atoms with Gasteiger partial charge in [0.2, 0.25) is 11.8 Å². The number of primary amides is 1. The van der Waals surface area contributed by atoms with Gasteiger partial charge in [-0.3, -0.25) is 34.2 Å². The van der Waals surface area contributed by atoms with Crippen LogP contribution in [0.25, 0.3) is 0 Å². The van der Waals surface area contributed by atoms with Crippen LogP contribution in [0.2, 0.25) is 5.02 Å². The minimum absolute atomic E-state index is 0.00622. The van der Waals surface area contributed by atoms with E-state index in [0.29, 0.717) is 66.9 Å². The molecule has 0 radical (unpaired) electrons. The molecule has 4 heterocycles. The zero-order chi connectivity index (χ0) is 64.1. The van der Waals surface area contributed by atoms with Gasteiger partial charge in [0.05, 0.1) is 31.4 Å². The van der Waals surface area contributed by atoms with Crippen molar-refractivity contribution in [2.75, 3.05) is 39.2 Å². The number of nitrogens with one attached hydrogen (secondary N) is 3. The highest BCUT2D eigenvalue weighted by atomic mass is 35.5. The second kappa shape index (κ2) is 30.4. The van der Waals surface area contributed by atoms with Crippen LogP contribution in [-0.4, -0.2) is 144 Å². The third-order valence-electron chi connectivity index (χ3n) is 17.0. The lowest BCUT2D eigenvalue weighted by atomic mass is 9.82. The molecule has 2 fully saturated rings. The fraction of sp³-hybridized carbons (Fsp3) is 0.547. The Morgan fingerprint density at radius 1 is 1.01 bits per heavy atom. The van der Waals surface area contributed by atoms with Gasteiger partial charge in [-0.05, 0) is 93.7 Å². The van der Waals surface area contributed by atoms with Gasteiger partial charge in [-0.2, -0.15) is 0 Å². The Morgan fingerprint density at radius 2 is 1.71 bits per heavy atom. The molecule has 22 nitrogen and oxygen atoms in total. The lowest BCUT2D eigenvalue weighted by Crippen LogP contribution is -2.60. The topological polar surface area (TPSA) is 295 Å². The van der Waals surface area contributed by atoms with Crippen LogP contribution in [0, 0.1) is 23.7 Å². The number of fused-ring (bicyclic) bond motifs is 5. The van der Waals surface area contributed by atoms with Crippen LogP contribution in [0.3, 0.4) is 0 Å². The van der Waals surface area contributed by atoms with Crippen LogP contribution in [0.1, 0.15) is 123 Å². The first-order valence-electron chi connectivity index (χ1n) is 29.7. The molecule has 6 N–H and O–H groups in total. The van der Waals surface area contributed by atoms with Crippen LogP contribution >= 0.6 is 11.6 Å². The maximum atomic E-state index is 14.4. The quantitative estimate of drug-likeness (QED) is 0.0291. The molecule has 4 aliphatic rings. The number of nitrogens with two attached hydrogens (primary N) is 1. The highest BCUT2D eigenvalue weighted by Crippen LogP contribution is 2.49. The van der Waals surface area contributed by atoms with Crippen molar-refractivity contribution in [1.82, 2.24) is 25.8 Å². The number of rotatable bonds is 24. The summed E-state index contributed by atoms with van der Waals surface area (Å²) in [6.07, 6.45) is 6.78. The van der Waals surface area contributed by atoms with E-state index in [-0.39, 0.29) is 73.7 Å². The molecule has 0 spiro atoms. The number of ether oxygens (including phenoxy) is 5. The van der Waals surface area contributed by atoms with Crippen molar-refractivity contribution in [2.45, 2.75) is 167 Å². The van der Waals surface area contributed by atoms with Crippen LogP contribution in [0.4, 0.5) is 20.1 Å². The first-order chi connectivity index (χ1) is 41.0. The number of nitrogens with zero attached hydrogens (tertiary/aromatic N) is 3. The van der Waals surface area contributed by atoms with Crippen molar-refractivity contribution in [3.8, 4) is 5.75 Å². The second-order valence-corrected chi connectivity index (χ2v) is 24.2. The largest absolute Gasteiger partial charge is 0.495 e. The van der Waals surface area contributed by atoms with Gasteiger partial charge in [0.1, 0.15) is 52.7 Å². The molecule has 0 aromatic heterocycles. The standard InChI is InChI=1S/C64H86ClN7O15/c1-37(2)47(33-46(73)19-13-12-14-28-72-40(5)21-26-54(72)75)58(77)68-48(20-16-27-67-60(66)79)50(74)31-43-22-24-44(25-23-43)36-84-62(81)70(9)42(7)59(78)86-53-34-55(76)71(10)49-30-45(32-51(83-11)56(49)65)29-38(3)17-15-18-39(4)64(82)35-52(85-61(80)69-64)41(6)57-63(53,8)87-57/h15,17-18,21-26,30,32,37,39,41-42,47-48,52-53,57,82H,5,12-14,16,19-20,27-29,31,33-36H2,1-4,6-11H3,(H,68,77)(H,69,80)(H3,66,67,79)/b18-15+,38-17+/t39?,41?,42-,47-,48-,52?,53?,57?,63?,64?/m0/s1. The van der Waals surface area contributed by atoms with Gasteiger partial charge >= 0.3 is 24.2 Å². The predicted molar refractivity (Wildman–Crippen MR) is 325 cm³/mol. The Morgan fingerprint density at radius 3 is 2.37 bits per heavy atom. The molecule has 4 aliphatic heterocycles. The molecule has 7 amide bonds. The number of benzene rings is 2. The number of carbonyl (C=O) groups excluding carboxylic acids is 9. The van der Waals surface area contributed by atoms with Gasteiger partial charge in [-0.15, -0.1) is 0 Å². The lowest BCUT2D eigenvalue weighted by molar-refractivity contribution is -0.158. The number of likely N-dealkylation sites (N-methyl/N-ethyl adjacent to an activating group) is 1. The number of unbranched alkanes of at least 4 members (excludes halogenated alkanes) is 2. The average Bonchev–Trinajstić information content (AvgIpc) is 1.69. The number of anilines is 1. The van der Waals surface area contributed by atoms with E-state index in [9.17, 15) is 48.3 Å². The summed E-state index contributed by atoms with van der Waals surface area (Å²) in [6.45, 7) is 16.6. The number of allylic oxidation sites excluding steroid dienone is 4. The van der Waals surface area contributed by atoms with E-state index < -0.39 is 102 Å². The minimum Gasteiger partial charge on any atom is -0.495 e. The normalized spacial score (nSPS) is 24.9. The van der Waals surface area contributed by atoms with Crippen molar-refractivity contribution >= 4 is 70.8 Å². The van der Waals surface area contributed by atoms with Crippen molar-refractivity contribution in [3.05, 3.63) is 106 Å². The fourth-order valence-corrected chi connectivity index (χ4v) is 11.3. The second-order valence-electron chi connectivity index (χ2n) is 23.9. The van der Waals surface area contributed by atoms with E-state index in [2.05, 4.69) is 22.5 Å². The molecule has 2 aromatic rings. The molecule has 2 aromatic carbocycles. The number of epoxide rings is 1. The summed E-state index contributed by atoms with van der Waals surface area (Å²) in [5.74, 6) is -4.05. The monoisotopic (exact) mass is 1230 g/mol. The molecule has 6 rings (SSSR count). The third-order valence-corrected chi connectivity index (χ3v) is 17.3. The number of hydrogen-bond acceptors (Lipinski definition) is 15. The van der Waals surface area contributed by atoms with E-state index >= 15 is 0 Å². The van der Waals surface area contributed by atoms with E-state index in [1.165, 1.54) is 32.1 Å². The van der Waals surface area contributed by atoms with Crippen molar-refractivity contribution in [2.24, 2.45) is 29.4 Å². The fourth-order valence-electron chi connectivity index (χ4n) is 11.0. The van der Waals surface area contributed by atoms with Crippen LogP contribution in [-0.2, 0) is 67.2 Å². The number of Topliss-reactive ketones (excluding diaryl/α,β-unsaturated/α-hetero) is 2. The van der Waals surface area contributed by atoms with Crippen LogP contribution < -0.4 is 31.3 Å². The number of hydrogen-bond donors (Lipinski definition) is 5. The highest BCUT2D eigenvalue weighted by Gasteiger charge is 2.64. The Labute approximate surface area is 514 Å². The molecule has 7 unspecified atom stereocenters. The van der Waals surface area contributed by atoms with Gasteiger partial charge in [0.15, 0.2) is 5.78 Å². The molecule has 474 valence electrons. The summed E-state index contributed by atoms with van der Waals surface area (Å²) in [6, 6.07) is 7.32. The number of alkyl carbamates (subject to hydrolysis) is 1. The van der Waals surface area contributed by atoms with Gasteiger partial charge in [-0.1, -0.05) is 100 Å². The molecule has 0 saturated carbocycles. The van der Waals surface area contributed by atoms with Gasteiger partial charge in [0, 0.05) is 82.4 Å². The molecule has 23 heteroatoms. The summed E-state index contributed by atoms with van der Waals surface area (Å²) in [7, 11) is 4.37. The van der Waals surface area contributed by atoms with Crippen molar-refractivity contribution in [3.63, 3.8) is 0 Å². The van der Waals surface area contributed by atoms with E-state index in [1.54, 1.807) is 81.3 Å². The molecule has 87 heavy (non-hydrogen) atoms. The van der Waals surface area contributed by atoms with E-state index in [0.717, 1.165) is 16.0 Å². The SMILES string of the molecule is C=C1C=CC(=O)N1CCCCCC(=O)C[C@H](C(=O)N[C@@H](CCCNC(N)=O)C(=O)Cc1ccc(COC(=O)N(C)[C@@H](C)C(=O)OC2CC(=O)N(C)c3cc(cc(OC)c3Cl)C/C(C)=C/C=C/C(C)C3(O)CC(OC(=O)N3)C(C)C3OC23C)cc1)C(C)C. The number of esters is 1. The van der Waals surface area contributed by atoms with Gasteiger partial charge in [-0.25, -0.2) is 19.2 Å². The smallest absolute Gasteiger partial charge is 0.410 e. The minimum atomic E-state index is -1.69. The summed E-state index contributed by atoms with van der Waals surface area (Å²) in [5.41, 5.74) is 6.08. The third kappa shape index (κ3) is 18.3. The number of ketones is 2. The Bertz CT molecular complexity index is 2980. The van der Waals surface area contributed by atoms with E-state index in [4.69, 9.17) is 41.0 Å². The summed E-state index contributed by atoms with van der Waals surface area (Å²) in [4.78, 5) is 124. The molecule has 10 atom stereocenters. The number of halogens is 1. The van der Waals surface area contributed by atoms with Crippen LogP contribution in [0.5, 0.6) is 5.75 Å². The Hall–Kier alpha value is -7.56. The average molecular weight is 1230 g/mol. The lowest BCUT2D eigenvalue weighted by Gasteiger charge is -2.41. The highest BCUT2D eigenvalue weighted by molar-refractivity contribution is 6.35. The number of amides is 7. The molecule has 2 saturated heterocycles. The van der Waals surface area contributed by atoms with Gasteiger partial charge < -0.3 is 55.0 Å². The Kier molecular flexibility index (Phi) is 23.9. The van der Waals surface area contributed by atoms with Crippen molar-refractivity contribution in [1.29, 1.82) is 0 Å². The summed E-state index contributed by atoms with van der Waals surface area (Å²) < 4.78 is 29.5. The first kappa shape index (κ1) is 68.6. The number of urea groups is 1. The zero-order valence-corrected chi connectivity index (χ0v) is 52.4. The number of aliphatic hydroxyl groups is 1. The number of carbonyl (C=O) groups is 9. The van der Waals surface area contributed by atoms with Gasteiger partial charge in [0.25, 0.3) is 5.91 Å².